The summed E-state index contributed by atoms with van der Waals surface area (Å²) in [6.07, 6.45) is 1.38. The predicted octanol–water partition coefficient (Wildman–Crippen LogP) is 5.78. The maximum absolute atomic E-state index is 14.1. The van der Waals surface area contributed by atoms with Gasteiger partial charge in [0.15, 0.2) is 5.65 Å². The number of nitrogens with two attached hydrogens (primary N) is 1. The van der Waals surface area contributed by atoms with E-state index in [-0.39, 0.29) is 22.2 Å². The Morgan fingerprint density at radius 3 is 2.65 bits per heavy atom. The van der Waals surface area contributed by atoms with Crippen molar-refractivity contribution in [3.8, 4) is 22.4 Å². The average Bonchev–Trinajstić information content (AvgIpc) is 3.54. The van der Waals surface area contributed by atoms with E-state index in [1.807, 2.05) is 62.4 Å². The van der Waals surface area contributed by atoms with Crippen molar-refractivity contribution in [2.24, 2.45) is 0 Å². The Bertz CT molecular complexity index is 2150. The van der Waals surface area contributed by atoms with E-state index in [1.54, 1.807) is 4.68 Å². The van der Waals surface area contributed by atoms with Crippen molar-refractivity contribution in [1.29, 1.82) is 0 Å². The quantitative estimate of drug-likeness (QED) is 0.294. The summed E-state index contributed by atoms with van der Waals surface area (Å²) in [4.78, 5) is 22.5. The molecule has 0 fully saturated rings. The first kappa shape index (κ1) is 23.7. The summed E-state index contributed by atoms with van der Waals surface area (Å²) in [7, 11) is 0. The Balaban J connectivity index is 1.49. The van der Waals surface area contributed by atoms with Gasteiger partial charge in [0.05, 0.1) is 27.5 Å². The molecule has 0 radical (unpaired) electrons. The standard InChI is InChI=1S/C30H22FN7O2/c1-15-20-10-8-18(12-22(20)36-35-15)26-25-29(32)33-14-34-30(25)38(37-26)16(2)28-24(17-6-4-3-5-7-17)27(39)21-13-19(31)9-11-23(21)40-28/h3-14,16H,1-2H3,(H,35,36)(H2,32,33,34). The van der Waals surface area contributed by atoms with E-state index < -0.39 is 11.9 Å². The third-order valence-corrected chi connectivity index (χ3v) is 7.23. The molecule has 0 spiro atoms. The molecule has 4 aromatic heterocycles. The maximum atomic E-state index is 14.1. The van der Waals surface area contributed by atoms with Gasteiger partial charge >= 0.3 is 0 Å². The highest BCUT2D eigenvalue weighted by molar-refractivity contribution is 6.00. The number of benzene rings is 3. The van der Waals surface area contributed by atoms with E-state index >= 15 is 0 Å². The second-order valence-electron chi connectivity index (χ2n) is 9.67. The molecule has 1 atom stereocenters. The van der Waals surface area contributed by atoms with Gasteiger partial charge in [-0.25, -0.2) is 19.0 Å². The number of H-pyrrole nitrogens is 1. The van der Waals surface area contributed by atoms with Crippen LogP contribution in [0.1, 0.15) is 24.4 Å². The molecular weight excluding hydrogens is 509 g/mol. The number of aromatic amines is 1. The van der Waals surface area contributed by atoms with Gasteiger partial charge in [-0.15, -0.1) is 0 Å². The molecule has 0 saturated heterocycles. The normalized spacial score (nSPS) is 12.5. The lowest BCUT2D eigenvalue weighted by atomic mass is 9.99. The van der Waals surface area contributed by atoms with Crippen molar-refractivity contribution in [2.45, 2.75) is 19.9 Å². The average molecular weight is 532 g/mol. The summed E-state index contributed by atoms with van der Waals surface area (Å²) in [5.74, 6) is 0.125. The Hall–Kier alpha value is -5.38. The number of fused-ring (bicyclic) bond motifs is 3. The summed E-state index contributed by atoms with van der Waals surface area (Å²) >= 11 is 0. The number of aromatic nitrogens is 6. The lowest BCUT2D eigenvalue weighted by Crippen LogP contribution is -2.16. The highest BCUT2D eigenvalue weighted by atomic mass is 19.1. The van der Waals surface area contributed by atoms with Crippen molar-refractivity contribution >= 4 is 38.7 Å². The van der Waals surface area contributed by atoms with Crippen LogP contribution in [0.2, 0.25) is 0 Å². The fourth-order valence-corrected chi connectivity index (χ4v) is 5.24. The number of aryl methyl sites for hydroxylation is 1. The number of nitrogen functional groups attached to an aromatic ring is 1. The van der Waals surface area contributed by atoms with Gasteiger partial charge < -0.3 is 10.2 Å². The van der Waals surface area contributed by atoms with Crippen LogP contribution >= 0.6 is 0 Å². The highest BCUT2D eigenvalue weighted by Gasteiger charge is 2.27. The fourth-order valence-electron chi connectivity index (χ4n) is 5.24. The van der Waals surface area contributed by atoms with Gasteiger partial charge in [-0.1, -0.05) is 42.5 Å². The molecule has 0 aliphatic rings. The van der Waals surface area contributed by atoms with Crippen molar-refractivity contribution < 1.29 is 8.81 Å². The smallest absolute Gasteiger partial charge is 0.200 e. The lowest BCUT2D eigenvalue weighted by Gasteiger charge is -2.17. The lowest BCUT2D eigenvalue weighted by molar-refractivity contribution is 0.445. The van der Waals surface area contributed by atoms with Gasteiger partial charge in [0.2, 0.25) is 5.43 Å². The summed E-state index contributed by atoms with van der Waals surface area (Å²) in [6, 6.07) is 18.4. The number of nitrogens with zero attached hydrogens (tertiary/aromatic N) is 5. The van der Waals surface area contributed by atoms with Crippen molar-refractivity contribution in [2.75, 3.05) is 5.73 Å². The van der Waals surface area contributed by atoms with E-state index in [4.69, 9.17) is 15.2 Å². The van der Waals surface area contributed by atoms with Crippen LogP contribution in [-0.4, -0.2) is 29.9 Å². The molecule has 1 unspecified atom stereocenters. The zero-order chi connectivity index (χ0) is 27.5. The number of rotatable bonds is 4. The Kier molecular flexibility index (Phi) is 5.24. The van der Waals surface area contributed by atoms with Crippen LogP contribution in [0, 0.1) is 12.7 Å². The Morgan fingerprint density at radius 1 is 1.00 bits per heavy atom. The SMILES string of the molecule is Cc1n[nH]c2cc(-c3nn(C(C)c4oc5ccc(F)cc5c(=O)c4-c4ccccc4)c4ncnc(N)c34)ccc12. The predicted molar refractivity (Wildman–Crippen MR) is 151 cm³/mol. The number of hydrogen-bond acceptors (Lipinski definition) is 7. The van der Waals surface area contributed by atoms with Gasteiger partial charge in [-0.3, -0.25) is 9.89 Å². The molecule has 0 aliphatic carbocycles. The van der Waals surface area contributed by atoms with Crippen LogP contribution in [-0.2, 0) is 0 Å². The number of hydrogen-bond donors (Lipinski definition) is 2. The minimum absolute atomic E-state index is 0.163. The monoisotopic (exact) mass is 531 g/mol. The fraction of sp³-hybridized carbons (Fsp3) is 0.100. The molecule has 9 nitrogen and oxygen atoms in total. The molecule has 196 valence electrons. The van der Waals surface area contributed by atoms with Crippen molar-refractivity contribution in [3.63, 3.8) is 0 Å². The molecule has 3 aromatic carbocycles. The summed E-state index contributed by atoms with van der Waals surface area (Å²) in [6.45, 7) is 3.81. The summed E-state index contributed by atoms with van der Waals surface area (Å²) in [5, 5.41) is 14.0. The summed E-state index contributed by atoms with van der Waals surface area (Å²) < 4.78 is 22.1. The van der Waals surface area contributed by atoms with E-state index in [0.29, 0.717) is 33.6 Å². The van der Waals surface area contributed by atoms with Gasteiger partial charge in [0.25, 0.3) is 0 Å². The molecule has 7 rings (SSSR count). The first-order chi connectivity index (χ1) is 19.4. The number of nitrogens with one attached hydrogen (secondary N) is 1. The Morgan fingerprint density at radius 2 is 1.82 bits per heavy atom. The number of anilines is 1. The zero-order valence-corrected chi connectivity index (χ0v) is 21.5. The van der Waals surface area contributed by atoms with Crippen LogP contribution < -0.4 is 11.2 Å². The van der Waals surface area contributed by atoms with Crippen LogP contribution in [0.5, 0.6) is 0 Å². The second kappa shape index (κ2) is 8.84. The van der Waals surface area contributed by atoms with E-state index in [2.05, 4.69) is 20.2 Å². The third-order valence-electron chi connectivity index (χ3n) is 7.23. The Labute approximate surface area is 226 Å². The second-order valence-corrected chi connectivity index (χ2v) is 9.67. The van der Waals surface area contributed by atoms with Gasteiger partial charge in [-0.2, -0.15) is 10.2 Å². The molecular formula is C30H22FN7O2. The first-order valence-electron chi connectivity index (χ1n) is 12.7. The molecule has 0 saturated carbocycles. The van der Waals surface area contributed by atoms with Gasteiger partial charge in [-0.05, 0) is 43.7 Å². The summed E-state index contributed by atoms with van der Waals surface area (Å²) in [5.41, 5.74) is 10.9. The molecule has 7 aromatic rings. The molecule has 10 heteroatoms. The van der Waals surface area contributed by atoms with E-state index in [0.717, 1.165) is 22.2 Å². The van der Waals surface area contributed by atoms with E-state index in [1.165, 1.54) is 24.5 Å². The minimum Gasteiger partial charge on any atom is -0.458 e. The maximum Gasteiger partial charge on any atom is 0.200 e. The molecule has 3 N–H and O–H groups in total. The van der Waals surface area contributed by atoms with Crippen LogP contribution in [0.4, 0.5) is 10.2 Å². The topological polar surface area (TPSA) is 129 Å². The van der Waals surface area contributed by atoms with Gasteiger partial charge in [0, 0.05) is 10.9 Å². The zero-order valence-electron chi connectivity index (χ0n) is 21.5. The van der Waals surface area contributed by atoms with Crippen LogP contribution in [0.3, 0.4) is 0 Å². The van der Waals surface area contributed by atoms with Crippen LogP contribution in [0.25, 0.3) is 55.3 Å². The highest BCUT2D eigenvalue weighted by Crippen LogP contribution is 2.37. The molecule has 0 bridgehead atoms. The van der Waals surface area contributed by atoms with Gasteiger partial charge in [0.1, 0.15) is 41.0 Å². The van der Waals surface area contributed by atoms with Crippen LogP contribution in [0.15, 0.2) is 82.3 Å². The number of halogens is 1. The third kappa shape index (κ3) is 3.57. The molecule has 4 heterocycles. The van der Waals surface area contributed by atoms with Crippen molar-refractivity contribution in [1.82, 2.24) is 29.9 Å². The largest absolute Gasteiger partial charge is 0.458 e. The first-order valence-corrected chi connectivity index (χ1v) is 12.7. The molecule has 0 amide bonds. The van der Waals surface area contributed by atoms with Crippen molar-refractivity contribution in [3.05, 3.63) is 101 Å². The van der Waals surface area contributed by atoms with E-state index in [9.17, 15) is 9.18 Å². The molecule has 0 aliphatic heterocycles. The minimum atomic E-state index is -0.596. The molecule has 40 heavy (non-hydrogen) atoms.